The van der Waals surface area contributed by atoms with E-state index in [1.807, 2.05) is 27.7 Å². The number of aliphatic hydroxyl groups is 1. The Morgan fingerprint density at radius 1 is 1.50 bits per heavy atom. The van der Waals surface area contributed by atoms with Crippen LogP contribution in [-0.2, 0) is 11.2 Å². The molecule has 0 aliphatic carbocycles. The monoisotopic (exact) mass is 251 g/mol. The van der Waals surface area contributed by atoms with Gasteiger partial charge in [0.1, 0.15) is 5.60 Å². The summed E-state index contributed by atoms with van der Waals surface area (Å²) in [5.41, 5.74) is 2.09. The quantitative estimate of drug-likeness (QED) is 0.835. The molecule has 0 saturated carbocycles. The number of aryl methyl sites for hydroxylation is 2. The fraction of sp³-hybridized carbons (Fsp3) is 0.692. The maximum absolute atomic E-state index is 12.1. The van der Waals surface area contributed by atoms with Gasteiger partial charge >= 0.3 is 0 Å². The van der Waals surface area contributed by atoms with E-state index < -0.39 is 5.60 Å². The molecule has 1 aliphatic heterocycles. The van der Waals surface area contributed by atoms with Gasteiger partial charge in [-0.25, -0.2) is 0 Å². The van der Waals surface area contributed by atoms with Crippen LogP contribution >= 0.6 is 0 Å². The number of aromatic nitrogens is 2. The van der Waals surface area contributed by atoms with Gasteiger partial charge in [-0.15, -0.1) is 0 Å². The summed E-state index contributed by atoms with van der Waals surface area (Å²) in [5, 5.41) is 17.1. The normalized spacial score (nSPS) is 18.0. The van der Waals surface area contributed by atoms with E-state index >= 15 is 0 Å². The fourth-order valence-corrected chi connectivity index (χ4v) is 2.25. The second kappa shape index (κ2) is 4.39. The number of aromatic amines is 1. The third-order valence-corrected chi connectivity index (χ3v) is 3.97. The molecule has 0 unspecified atom stereocenters. The van der Waals surface area contributed by atoms with E-state index in [-0.39, 0.29) is 11.8 Å². The molecular weight excluding hydrogens is 230 g/mol. The Morgan fingerprint density at radius 2 is 2.11 bits per heavy atom. The topological polar surface area (TPSA) is 69.2 Å². The van der Waals surface area contributed by atoms with Gasteiger partial charge in [0.15, 0.2) is 0 Å². The van der Waals surface area contributed by atoms with Crippen LogP contribution in [0.5, 0.6) is 0 Å². The molecule has 1 aliphatic rings. The highest BCUT2D eigenvalue weighted by Gasteiger charge is 2.45. The maximum Gasteiger partial charge on any atom is 0.227 e. The van der Waals surface area contributed by atoms with Crippen LogP contribution in [0.4, 0.5) is 0 Å². The summed E-state index contributed by atoms with van der Waals surface area (Å²) in [5.74, 6) is 0.242. The molecule has 0 radical (unpaired) electrons. The van der Waals surface area contributed by atoms with Gasteiger partial charge in [0.25, 0.3) is 0 Å². The van der Waals surface area contributed by atoms with Crippen molar-refractivity contribution in [1.82, 2.24) is 15.1 Å². The summed E-state index contributed by atoms with van der Waals surface area (Å²) < 4.78 is 0. The second-order valence-corrected chi connectivity index (χ2v) is 5.60. The molecule has 1 saturated heterocycles. The molecule has 5 heteroatoms. The molecule has 1 aromatic rings. The lowest BCUT2D eigenvalue weighted by atomic mass is 9.82. The Morgan fingerprint density at radius 3 is 2.56 bits per heavy atom. The Bertz CT molecular complexity index is 439. The number of H-pyrrole nitrogens is 1. The van der Waals surface area contributed by atoms with Crippen LogP contribution in [0.3, 0.4) is 0 Å². The maximum atomic E-state index is 12.1. The number of carbonyl (C=O) groups is 1. The average Bonchev–Trinajstić information content (AvgIpc) is 2.56. The van der Waals surface area contributed by atoms with Crippen molar-refractivity contribution in [2.45, 2.75) is 39.7 Å². The van der Waals surface area contributed by atoms with Crippen molar-refractivity contribution >= 4 is 5.91 Å². The van der Waals surface area contributed by atoms with Gasteiger partial charge < -0.3 is 10.0 Å². The molecule has 100 valence electrons. The van der Waals surface area contributed by atoms with E-state index in [0.717, 1.165) is 17.0 Å². The number of nitrogens with zero attached hydrogens (tertiary/aromatic N) is 2. The highest BCUT2D eigenvalue weighted by molar-refractivity contribution is 5.80. The molecule has 1 aromatic heterocycles. The largest absolute Gasteiger partial charge is 0.386 e. The third kappa shape index (κ3) is 2.14. The van der Waals surface area contributed by atoms with E-state index in [4.69, 9.17) is 0 Å². The summed E-state index contributed by atoms with van der Waals surface area (Å²) >= 11 is 0. The van der Waals surface area contributed by atoms with E-state index in [2.05, 4.69) is 10.2 Å². The predicted molar refractivity (Wildman–Crippen MR) is 68.1 cm³/mol. The predicted octanol–water partition coefficient (Wildman–Crippen LogP) is 0.798. The minimum atomic E-state index is -0.698. The molecule has 1 fully saturated rings. The van der Waals surface area contributed by atoms with Gasteiger partial charge in [-0.2, -0.15) is 5.10 Å². The molecule has 5 nitrogen and oxygen atoms in total. The van der Waals surface area contributed by atoms with Crippen molar-refractivity contribution in [3.63, 3.8) is 0 Å². The third-order valence-electron chi connectivity index (χ3n) is 3.97. The number of β-amino-alcohol motifs (C(OH)–C–C–N with tert-alkyl or cyclic N) is 1. The number of likely N-dealkylation sites (tertiary alicyclic amines) is 1. The lowest BCUT2D eigenvalue weighted by Crippen LogP contribution is -2.66. The van der Waals surface area contributed by atoms with Crippen molar-refractivity contribution in [3.05, 3.63) is 17.0 Å². The molecule has 0 aromatic carbocycles. The van der Waals surface area contributed by atoms with E-state index in [1.54, 1.807) is 4.90 Å². The van der Waals surface area contributed by atoms with Crippen LogP contribution in [0, 0.1) is 19.8 Å². The minimum absolute atomic E-state index is 0.0629. The standard InChI is InChI=1S/C13H21N3O2/c1-8(2)13(18)6-16(7-13)12(17)5-11-9(3)14-15-10(11)4/h8,18H,5-7H2,1-4H3,(H,14,15). The minimum Gasteiger partial charge on any atom is -0.386 e. The zero-order valence-corrected chi connectivity index (χ0v) is 11.4. The van der Waals surface area contributed by atoms with Crippen LogP contribution in [0.1, 0.15) is 30.8 Å². The number of carbonyl (C=O) groups excluding carboxylic acids is 1. The van der Waals surface area contributed by atoms with Crippen LogP contribution < -0.4 is 0 Å². The Balaban J connectivity index is 1.96. The summed E-state index contributed by atoms with van der Waals surface area (Å²) in [6, 6.07) is 0. The first-order valence-electron chi connectivity index (χ1n) is 6.34. The SMILES string of the molecule is Cc1n[nH]c(C)c1CC(=O)N1CC(O)(C(C)C)C1. The van der Waals surface area contributed by atoms with E-state index in [9.17, 15) is 9.90 Å². The first-order chi connectivity index (χ1) is 8.33. The molecule has 1 amide bonds. The second-order valence-electron chi connectivity index (χ2n) is 5.60. The van der Waals surface area contributed by atoms with E-state index in [0.29, 0.717) is 19.5 Å². The zero-order valence-electron chi connectivity index (χ0n) is 11.4. The Hall–Kier alpha value is -1.36. The Kier molecular flexibility index (Phi) is 3.19. The number of nitrogens with one attached hydrogen (secondary N) is 1. The highest BCUT2D eigenvalue weighted by atomic mass is 16.3. The molecule has 2 heterocycles. The number of hydrogen-bond donors (Lipinski definition) is 2. The van der Waals surface area contributed by atoms with Crippen LogP contribution in [0.25, 0.3) is 0 Å². The van der Waals surface area contributed by atoms with Gasteiger partial charge in [0, 0.05) is 11.3 Å². The van der Waals surface area contributed by atoms with Crippen LogP contribution in [-0.4, -0.2) is 44.8 Å². The Labute approximate surface area is 107 Å². The van der Waals surface area contributed by atoms with Gasteiger partial charge in [-0.05, 0) is 19.8 Å². The van der Waals surface area contributed by atoms with Gasteiger partial charge in [-0.1, -0.05) is 13.8 Å². The summed E-state index contributed by atoms with van der Waals surface area (Å²) in [4.78, 5) is 13.8. The number of hydrogen-bond acceptors (Lipinski definition) is 3. The van der Waals surface area contributed by atoms with Gasteiger partial charge in [0.05, 0.1) is 25.2 Å². The molecule has 0 atom stereocenters. The summed E-state index contributed by atoms with van der Waals surface area (Å²) in [7, 11) is 0. The number of rotatable bonds is 3. The average molecular weight is 251 g/mol. The molecule has 18 heavy (non-hydrogen) atoms. The summed E-state index contributed by atoms with van der Waals surface area (Å²) in [6.45, 7) is 8.66. The van der Waals surface area contributed by atoms with Crippen molar-refractivity contribution < 1.29 is 9.90 Å². The molecule has 2 rings (SSSR count). The van der Waals surface area contributed by atoms with Crippen molar-refractivity contribution in [3.8, 4) is 0 Å². The lowest BCUT2D eigenvalue weighted by Gasteiger charge is -2.49. The smallest absolute Gasteiger partial charge is 0.227 e. The van der Waals surface area contributed by atoms with Crippen molar-refractivity contribution in [2.75, 3.05) is 13.1 Å². The van der Waals surface area contributed by atoms with Crippen molar-refractivity contribution in [2.24, 2.45) is 5.92 Å². The molecule has 0 bridgehead atoms. The lowest BCUT2D eigenvalue weighted by molar-refractivity contribution is -0.163. The van der Waals surface area contributed by atoms with Crippen LogP contribution in [0.2, 0.25) is 0 Å². The van der Waals surface area contributed by atoms with E-state index in [1.165, 1.54) is 0 Å². The van der Waals surface area contributed by atoms with Crippen LogP contribution in [0.15, 0.2) is 0 Å². The van der Waals surface area contributed by atoms with Crippen molar-refractivity contribution in [1.29, 1.82) is 0 Å². The van der Waals surface area contributed by atoms with Gasteiger partial charge in [0.2, 0.25) is 5.91 Å². The zero-order chi connectivity index (χ0) is 13.5. The molecule has 2 N–H and O–H groups in total. The summed E-state index contributed by atoms with van der Waals surface area (Å²) in [6.07, 6.45) is 0.363. The van der Waals surface area contributed by atoms with Gasteiger partial charge in [-0.3, -0.25) is 9.89 Å². The molecular formula is C13H21N3O2. The highest BCUT2D eigenvalue weighted by Crippen LogP contribution is 2.29. The fourth-order valence-electron chi connectivity index (χ4n) is 2.25. The first kappa shape index (κ1) is 13.1. The first-order valence-corrected chi connectivity index (χ1v) is 6.34. The number of amides is 1. The molecule has 0 spiro atoms.